The van der Waals surface area contributed by atoms with Gasteiger partial charge in [-0.3, -0.25) is 9.59 Å². The quantitative estimate of drug-likeness (QED) is 0.258. The molecule has 2 atom stereocenters. The van der Waals surface area contributed by atoms with E-state index in [4.69, 9.17) is 0 Å². The summed E-state index contributed by atoms with van der Waals surface area (Å²) >= 11 is 1.20. The van der Waals surface area contributed by atoms with Crippen molar-refractivity contribution in [2.45, 2.75) is 36.9 Å². The molecule has 0 fully saturated rings. The number of rotatable bonds is 12. The Hall–Kier alpha value is -3.32. The minimum atomic E-state index is -4.77. The van der Waals surface area contributed by atoms with E-state index in [1.807, 2.05) is 0 Å². The summed E-state index contributed by atoms with van der Waals surface area (Å²) in [6.45, 7) is 0.337. The molecule has 0 aliphatic heterocycles. The summed E-state index contributed by atoms with van der Waals surface area (Å²) in [5.74, 6) is -5.65. The molecule has 38 heavy (non-hydrogen) atoms. The molecule has 0 bridgehead atoms. The SMILES string of the molecule is CC(=O)/C=C/C(=O)N[C@@H](Cc1ccccc1)[C@H](O)CN(Cc1cccs1)S(=O)(=O)c1cc(F)c(F)cc1F. The average molecular weight is 567 g/mol. The Labute approximate surface area is 222 Å². The molecule has 2 N–H and O–H groups in total. The number of nitrogens with zero attached hydrogens (tertiary/aromatic N) is 1. The predicted molar refractivity (Wildman–Crippen MR) is 136 cm³/mol. The van der Waals surface area contributed by atoms with Crippen molar-refractivity contribution >= 4 is 33.1 Å². The maximum atomic E-state index is 14.5. The highest BCUT2D eigenvalue weighted by Gasteiger charge is 2.33. The monoisotopic (exact) mass is 566 g/mol. The largest absolute Gasteiger partial charge is 0.390 e. The van der Waals surface area contributed by atoms with Crippen molar-refractivity contribution in [1.29, 1.82) is 0 Å². The van der Waals surface area contributed by atoms with E-state index >= 15 is 0 Å². The Morgan fingerprint density at radius 1 is 1.03 bits per heavy atom. The number of sulfonamides is 1. The number of carbonyl (C=O) groups is 2. The van der Waals surface area contributed by atoms with E-state index in [1.165, 1.54) is 18.3 Å². The molecular weight excluding hydrogens is 541 g/mol. The molecule has 1 amide bonds. The highest BCUT2D eigenvalue weighted by atomic mass is 32.2. The van der Waals surface area contributed by atoms with E-state index in [2.05, 4.69) is 5.32 Å². The molecule has 0 saturated carbocycles. The Morgan fingerprint density at radius 2 is 1.71 bits per heavy atom. The number of thiophene rings is 1. The van der Waals surface area contributed by atoms with Crippen molar-refractivity contribution < 1.29 is 36.3 Å². The third-order valence-corrected chi connectivity index (χ3v) is 8.14. The number of aliphatic hydroxyl groups is 1. The van der Waals surface area contributed by atoms with Crippen LogP contribution in [0.4, 0.5) is 13.2 Å². The second-order valence-electron chi connectivity index (χ2n) is 8.39. The summed E-state index contributed by atoms with van der Waals surface area (Å²) in [5.41, 5.74) is 0.715. The van der Waals surface area contributed by atoms with Gasteiger partial charge >= 0.3 is 0 Å². The van der Waals surface area contributed by atoms with Crippen LogP contribution in [0.5, 0.6) is 0 Å². The van der Waals surface area contributed by atoms with E-state index in [-0.39, 0.29) is 30.9 Å². The number of benzene rings is 2. The van der Waals surface area contributed by atoms with Gasteiger partial charge in [0.25, 0.3) is 0 Å². The fourth-order valence-electron chi connectivity index (χ4n) is 3.58. The molecule has 3 aromatic rings. The van der Waals surface area contributed by atoms with Crippen LogP contribution in [-0.4, -0.2) is 48.2 Å². The van der Waals surface area contributed by atoms with Crippen LogP contribution in [-0.2, 0) is 32.6 Å². The number of aliphatic hydroxyl groups excluding tert-OH is 1. The molecule has 2 aromatic carbocycles. The van der Waals surface area contributed by atoms with Gasteiger partial charge in [0, 0.05) is 30.1 Å². The molecule has 202 valence electrons. The van der Waals surface area contributed by atoms with E-state index in [1.54, 1.807) is 47.8 Å². The smallest absolute Gasteiger partial charge is 0.246 e. The molecule has 1 aromatic heterocycles. The number of ketones is 1. The van der Waals surface area contributed by atoms with Gasteiger partial charge in [-0.25, -0.2) is 21.6 Å². The van der Waals surface area contributed by atoms with Gasteiger partial charge in [-0.15, -0.1) is 11.3 Å². The van der Waals surface area contributed by atoms with Crippen molar-refractivity contribution in [1.82, 2.24) is 9.62 Å². The first kappa shape index (κ1) is 29.2. The Balaban J connectivity index is 1.95. The molecule has 0 unspecified atom stereocenters. The first-order chi connectivity index (χ1) is 18.0. The highest BCUT2D eigenvalue weighted by Crippen LogP contribution is 2.25. The van der Waals surface area contributed by atoms with Crippen LogP contribution in [0.3, 0.4) is 0 Å². The van der Waals surface area contributed by atoms with Gasteiger partial charge in [-0.05, 0) is 42.5 Å². The molecule has 12 heteroatoms. The average Bonchev–Trinajstić information content (AvgIpc) is 3.38. The molecule has 0 aliphatic rings. The fraction of sp³-hybridized carbons (Fsp3) is 0.231. The zero-order chi connectivity index (χ0) is 27.9. The fourth-order valence-corrected chi connectivity index (χ4v) is 5.87. The van der Waals surface area contributed by atoms with Crippen LogP contribution in [0.2, 0.25) is 0 Å². The van der Waals surface area contributed by atoms with Crippen molar-refractivity contribution in [3.63, 3.8) is 0 Å². The van der Waals surface area contributed by atoms with Gasteiger partial charge in [-0.2, -0.15) is 4.31 Å². The summed E-state index contributed by atoms with van der Waals surface area (Å²) in [7, 11) is -4.77. The summed E-state index contributed by atoms with van der Waals surface area (Å²) in [6, 6.07) is 11.4. The van der Waals surface area contributed by atoms with Crippen molar-refractivity contribution in [3.8, 4) is 0 Å². The summed E-state index contributed by atoms with van der Waals surface area (Å²) in [6.07, 6.45) is 0.603. The molecule has 1 heterocycles. The minimum Gasteiger partial charge on any atom is -0.390 e. The molecule has 0 saturated heterocycles. The lowest BCUT2D eigenvalue weighted by molar-refractivity contribution is -0.118. The van der Waals surface area contributed by atoms with Gasteiger partial charge in [0.1, 0.15) is 10.7 Å². The number of amides is 1. The number of allylic oxidation sites excluding steroid dienone is 1. The Bertz CT molecular complexity index is 1400. The maximum absolute atomic E-state index is 14.5. The van der Waals surface area contributed by atoms with E-state index < -0.39 is 57.0 Å². The molecule has 0 aliphatic carbocycles. The minimum absolute atomic E-state index is 0.0914. The topological polar surface area (TPSA) is 104 Å². The van der Waals surface area contributed by atoms with Gasteiger partial charge in [0.05, 0.1) is 12.1 Å². The van der Waals surface area contributed by atoms with Crippen LogP contribution < -0.4 is 5.32 Å². The van der Waals surface area contributed by atoms with E-state index in [0.717, 1.165) is 16.5 Å². The van der Waals surface area contributed by atoms with Crippen molar-refractivity contribution in [2.75, 3.05) is 6.54 Å². The lowest BCUT2D eigenvalue weighted by Crippen LogP contribution is -2.50. The van der Waals surface area contributed by atoms with Crippen LogP contribution in [0, 0.1) is 17.5 Å². The van der Waals surface area contributed by atoms with Crippen LogP contribution in [0.15, 0.2) is 77.0 Å². The molecule has 7 nitrogen and oxygen atoms in total. The standard InChI is InChI=1S/C26H25F3N2O5S2/c1-17(32)9-10-26(34)30-23(12-18-6-3-2-4-7-18)24(33)16-31(15-19-8-5-11-37-19)38(35,36)25-14-21(28)20(27)13-22(25)29/h2-11,13-14,23-24,33H,12,15-16H2,1H3,(H,30,34)/b10-9+/t23-,24+/m0/s1. The van der Waals surface area contributed by atoms with Gasteiger partial charge in [0.15, 0.2) is 17.4 Å². The third-order valence-electron chi connectivity index (χ3n) is 5.46. The van der Waals surface area contributed by atoms with Crippen LogP contribution in [0.1, 0.15) is 17.4 Å². The van der Waals surface area contributed by atoms with E-state index in [0.29, 0.717) is 10.4 Å². The number of hydrogen-bond acceptors (Lipinski definition) is 6. The zero-order valence-electron chi connectivity index (χ0n) is 20.2. The van der Waals surface area contributed by atoms with Crippen molar-refractivity contribution in [3.05, 3.63) is 100 Å². The van der Waals surface area contributed by atoms with Crippen LogP contribution in [0.25, 0.3) is 0 Å². The maximum Gasteiger partial charge on any atom is 0.246 e. The Morgan fingerprint density at radius 3 is 2.34 bits per heavy atom. The zero-order valence-corrected chi connectivity index (χ0v) is 21.8. The van der Waals surface area contributed by atoms with Gasteiger partial charge < -0.3 is 10.4 Å². The predicted octanol–water partition coefficient (Wildman–Crippen LogP) is 3.59. The van der Waals surface area contributed by atoms with Gasteiger partial charge in [0.2, 0.25) is 15.9 Å². The Kier molecular flexibility index (Phi) is 9.97. The van der Waals surface area contributed by atoms with Crippen molar-refractivity contribution in [2.24, 2.45) is 0 Å². The number of carbonyl (C=O) groups excluding carboxylic acids is 2. The summed E-state index contributed by atoms with van der Waals surface area (Å²) in [4.78, 5) is 23.1. The molecule has 0 spiro atoms. The summed E-state index contributed by atoms with van der Waals surface area (Å²) in [5, 5.41) is 15.4. The van der Waals surface area contributed by atoms with Crippen LogP contribution >= 0.6 is 11.3 Å². The first-order valence-electron chi connectivity index (χ1n) is 11.4. The molecule has 3 rings (SSSR count). The molecule has 0 radical (unpaired) electrons. The number of halogens is 3. The van der Waals surface area contributed by atoms with Gasteiger partial charge in [-0.1, -0.05) is 36.4 Å². The summed E-state index contributed by atoms with van der Waals surface area (Å²) < 4.78 is 69.4. The normalized spacial score (nSPS) is 13.5. The number of nitrogens with one attached hydrogen (secondary N) is 1. The molecular formula is C26H25F3N2O5S2. The lowest BCUT2D eigenvalue weighted by atomic mass is 10.0. The second-order valence-corrected chi connectivity index (χ2v) is 11.3. The van der Waals surface area contributed by atoms with E-state index in [9.17, 15) is 36.3 Å². The third kappa shape index (κ3) is 7.84. The first-order valence-corrected chi connectivity index (χ1v) is 13.7. The second kappa shape index (κ2) is 13.0. The highest BCUT2D eigenvalue weighted by molar-refractivity contribution is 7.89. The lowest BCUT2D eigenvalue weighted by Gasteiger charge is -2.29. The number of hydrogen-bond donors (Lipinski definition) is 2.